The van der Waals surface area contributed by atoms with Crippen LogP contribution in [0.15, 0.2) is 30.6 Å². The molecule has 0 aliphatic heterocycles. The minimum Gasteiger partial charge on any atom is -0.398 e. The van der Waals surface area contributed by atoms with Crippen LogP contribution >= 0.6 is 11.6 Å². The summed E-state index contributed by atoms with van der Waals surface area (Å²) in [6.07, 6.45) is 3.50. The molecule has 0 unspecified atom stereocenters. The third kappa shape index (κ3) is 2.62. The number of nitrogens with zero attached hydrogens (tertiary/aromatic N) is 2. The smallest absolute Gasteiger partial charge is 0.251 e. The highest BCUT2D eigenvalue weighted by Crippen LogP contribution is 2.19. The molecule has 0 atom stereocenters. The third-order valence-corrected chi connectivity index (χ3v) is 2.92. The number of hydrogen-bond acceptors (Lipinski definition) is 3. The Kier molecular flexibility index (Phi) is 3.53. The van der Waals surface area contributed by atoms with E-state index in [0.717, 1.165) is 5.82 Å². The molecule has 18 heavy (non-hydrogen) atoms. The van der Waals surface area contributed by atoms with Crippen molar-refractivity contribution >= 4 is 23.2 Å². The number of aryl methyl sites for hydroxylation is 1. The van der Waals surface area contributed by atoms with E-state index in [1.807, 2.05) is 17.8 Å². The highest BCUT2D eigenvalue weighted by atomic mass is 35.5. The molecule has 2 rings (SSSR count). The van der Waals surface area contributed by atoms with Crippen LogP contribution < -0.4 is 11.1 Å². The number of hydrogen-bond donors (Lipinski definition) is 2. The zero-order valence-electron chi connectivity index (χ0n) is 9.85. The number of carbonyl (C=O) groups is 1. The summed E-state index contributed by atoms with van der Waals surface area (Å²) < 4.78 is 1.84. The summed E-state index contributed by atoms with van der Waals surface area (Å²) in [5.41, 5.74) is 6.51. The third-order valence-electron chi connectivity index (χ3n) is 2.59. The number of nitrogen functional groups attached to an aromatic ring is 1. The van der Waals surface area contributed by atoms with E-state index < -0.39 is 0 Å². The summed E-state index contributed by atoms with van der Waals surface area (Å²) in [7, 11) is 1.87. The molecule has 0 fully saturated rings. The van der Waals surface area contributed by atoms with Crippen LogP contribution in [0.1, 0.15) is 16.2 Å². The number of aromatic nitrogens is 2. The normalized spacial score (nSPS) is 10.3. The molecule has 0 bridgehead atoms. The summed E-state index contributed by atoms with van der Waals surface area (Å²) in [6.45, 7) is 0.365. The summed E-state index contributed by atoms with van der Waals surface area (Å²) in [5.74, 6) is 0.574. The van der Waals surface area contributed by atoms with Gasteiger partial charge in [0.25, 0.3) is 5.91 Å². The Morgan fingerprint density at radius 3 is 2.94 bits per heavy atom. The van der Waals surface area contributed by atoms with Crippen LogP contribution in [0.25, 0.3) is 0 Å². The number of anilines is 1. The van der Waals surface area contributed by atoms with Gasteiger partial charge in [0, 0.05) is 25.0 Å². The first-order valence-corrected chi connectivity index (χ1v) is 5.75. The van der Waals surface area contributed by atoms with Crippen LogP contribution in [0.2, 0.25) is 5.02 Å². The standard InChI is InChI=1S/C12H13ClN4O/c1-17-5-4-15-11(17)7-16-12(18)8-2-3-10(14)9(13)6-8/h2-6H,7,14H2,1H3,(H,16,18). The van der Waals surface area contributed by atoms with Gasteiger partial charge < -0.3 is 15.6 Å². The molecule has 1 aromatic carbocycles. The topological polar surface area (TPSA) is 72.9 Å². The molecule has 0 spiro atoms. The largest absolute Gasteiger partial charge is 0.398 e. The summed E-state index contributed by atoms with van der Waals surface area (Å²) in [5, 5.41) is 3.14. The van der Waals surface area contributed by atoms with E-state index in [0.29, 0.717) is 22.8 Å². The van der Waals surface area contributed by atoms with Crippen molar-refractivity contribution < 1.29 is 4.79 Å². The predicted octanol–water partition coefficient (Wildman–Crippen LogP) is 1.59. The molecule has 6 heteroatoms. The van der Waals surface area contributed by atoms with Crippen LogP contribution in [-0.4, -0.2) is 15.5 Å². The molecule has 5 nitrogen and oxygen atoms in total. The van der Waals surface area contributed by atoms with Gasteiger partial charge in [-0.05, 0) is 18.2 Å². The molecule has 0 saturated carbocycles. The van der Waals surface area contributed by atoms with E-state index in [4.69, 9.17) is 17.3 Å². The Bertz CT molecular complexity index is 579. The van der Waals surface area contributed by atoms with E-state index >= 15 is 0 Å². The molecule has 2 aromatic rings. The van der Waals surface area contributed by atoms with Gasteiger partial charge in [0.2, 0.25) is 0 Å². The molecular formula is C12H13ClN4O. The minimum atomic E-state index is -0.208. The maximum absolute atomic E-state index is 11.9. The van der Waals surface area contributed by atoms with Gasteiger partial charge in [0.05, 0.1) is 17.3 Å². The first-order valence-electron chi connectivity index (χ1n) is 5.37. The van der Waals surface area contributed by atoms with Crippen LogP contribution in [0.4, 0.5) is 5.69 Å². The van der Waals surface area contributed by atoms with Crippen molar-refractivity contribution in [1.82, 2.24) is 14.9 Å². The lowest BCUT2D eigenvalue weighted by Gasteiger charge is -2.06. The summed E-state index contributed by atoms with van der Waals surface area (Å²) in [4.78, 5) is 16.0. The molecule has 1 aromatic heterocycles. The van der Waals surface area contributed by atoms with Crippen molar-refractivity contribution in [3.05, 3.63) is 47.0 Å². The molecule has 0 saturated heterocycles. The molecular weight excluding hydrogens is 252 g/mol. The molecule has 3 N–H and O–H groups in total. The van der Waals surface area contributed by atoms with Gasteiger partial charge in [-0.2, -0.15) is 0 Å². The lowest BCUT2D eigenvalue weighted by molar-refractivity contribution is 0.0949. The van der Waals surface area contributed by atoms with Gasteiger partial charge in [-0.3, -0.25) is 4.79 Å². The summed E-state index contributed by atoms with van der Waals surface area (Å²) in [6, 6.07) is 4.79. The van der Waals surface area contributed by atoms with Gasteiger partial charge in [0.15, 0.2) is 0 Å². The Hall–Kier alpha value is -2.01. The second-order valence-electron chi connectivity index (χ2n) is 3.87. The van der Waals surface area contributed by atoms with Gasteiger partial charge in [0.1, 0.15) is 5.82 Å². The first-order chi connectivity index (χ1) is 8.58. The van der Waals surface area contributed by atoms with Crippen molar-refractivity contribution in [2.24, 2.45) is 7.05 Å². The maximum atomic E-state index is 11.9. The summed E-state index contributed by atoms with van der Waals surface area (Å²) >= 11 is 5.86. The molecule has 94 valence electrons. The fourth-order valence-corrected chi connectivity index (χ4v) is 1.68. The average Bonchev–Trinajstić information content (AvgIpc) is 2.75. The Balaban J connectivity index is 2.04. The second kappa shape index (κ2) is 5.10. The fourth-order valence-electron chi connectivity index (χ4n) is 1.50. The molecule has 0 radical (unpaired) electrons. The highest BCUT2D eigenvalue weighted by molar-refractivity contribution is 6.33. The Labute approximate surface area is 110 Å². The molecule has 1 amide bonds. The van der Waals surface area contributed by atoms with Crippen molar-refractivity contribution in [1.29, 1.82) is 0 Å². The van der Waals surface area contributed by atoms with Gasteiger partial charge in [-0.15, -0.1) is 0 Å². The zero-order chi connectivity index (χ0) is 13.1. The van der Waals surface area contributed by atoms with Crippen LogP contribution in [0.3, 0.4) is 0 Å². The monoisotopic (exact) mass is 264 g/mol. The molecule has 0 aliphatic carbocycles. The predicted molar refractivity (Wildman–Crippen MR) is 70.2 cm³/mol. The lowest BCUT2D eigenvalue weighted by Crippen LogP contribution is -2.24. The van der Waals surface area contributed by atoms with E-state index in [1.54, 1.807) is 24.4 Å². The number of amides is 1. The van der Waals surface area contributed by atoms with E-state index in [-0.39, 0.29) is 5.91 Å². The number of nitrogens with one attached hydrogen (secondary N) is 1. The van der Waals surface area contributed by atoms with Gasteiger partial charge in [-0.25, -0.2) is 4.98 Å². The van der Waals surface area contributed by atoms with Gasteiger partial charge >= 0.3 is 0 Å². The number of nitrogens with two attached hydrogens (primary N) is 1. The SMILES string of the molecule is Cn1ccnc1CNC(=O)c1ccc(N)c(Cl)c1. The van der Waals surface area contributed by atoms with Crippen molar-refractivity contribution in [3.63, 3.8) is 0 Å². The number of halogens is 1. The van der Waals surface area contributed by atoms with Gasteiger partial charge in [-0.1, -0.05) is 11.6 Å². The average molecular weight is 265 g/mol. The lowest BCUT2D eigenvalue weighted by atomic mass is 10.2. The quantitative estimate of drug-likeness (QED) is 0.827. The van der Waals surface area contributed by atoms with Crippen molar-refractivity contribution in [3.8, 4) is 0 Å². The van der Waals surface area contributed by atoms with E-state index in [9.17, 15) is 4.79 Å². The second-order valence-corrected chi connectivity index (χ2v) is 4.28. The number of carbonyl (C=O) groups excluding carboxylic acids is 1. The molecule has 0 aliphatic rings. The van der Waals surface area contributed by atoms with Crippen LogP contribution in [0.5, 0.6) is 0 Å². The maximum Gasteiger partial charge on any atom is 0.251 e. The van der Waals surface area contributed by atoms with E-state index in [1.165, 1.54) is 0 Å². The number of rotatable bonds is 3. The van der Waals surface area contributed by atoms with Crippen molar-refractivity contribution in [2.45, 2.75) is 6.54 Å². The van der Waals surface area contributed by atoms with Crippen LogP contribution in [-0.2, 0) is 13.6 Å². The Morgan fingerprint density at radius 1 is 1.56 bits per heavy atom. The Morgan fingerprint density at radius 2 is 2.33 bits per heavy atom. The van der Waals surface area contributed by atoms with Crippen molar-refractivity contribution in [2.75, 3.05) is 5.73 Å². The van der Waals surface area contributed by atoms with Crippen LogP contribution in [0, 0.1) is 0 Å². The highest BCUT2D eigenvalue weighted by Gasteiger charge is 2.08. The number of benzene rings is 1. The number of imidazole rings is 1. The zero-order valence-corrected chi connectivity index (χ0v) is 10.6. The fraction of sp³-hybridized carbons (Fsp3) is 0.167. The minimum absolute atomic E-state index is 0.208. The molecule has 1 heterocycles. The van der Waals surface area contributed by atoms with E-state index in [2.05, 4.69) is 10.3 Å². The first kappa shape index (κ1) is 12.4.